The molecule has 0 radical (unpaired) electrons. The van der Waals surface area contributed by atoms with Crippen molar-refractivity contribution in [1.29, 1.82) is 0 Å². The molecule has 0 aliphatic heterocycles. The second-order valence-electron chi connectivity index (χ2n) is 7.83. The minimum atomic E-state index is -0.635. The maximum absolute atomic E-state index is 13.3. The number of nitrogens with zero attached hydrogens (tertiary/aromatic N) is 3. The van der Waals surface area contributed by atoms with E-state index in [1.54, 1.807) is 62.6 Å². The smallest absolute Gasteiger partial charge is 0.338 e. The highest BCUT2D eigenvalue weighted by Gasteiger charge is 2.17. The van der Waals surface area contributed by atoms with E-state index in [-0.39, 0.29) is 30.7 Å². The Morgan fingerprint density at radius 3 is 2.36 bits per heavy atom. The number of pyridine rings is 1. The van der Waals surface area contributed by atoms with E-state index in [0.29, 0.717) is 22.6 Å². The molecular formula is C26H24N4O6. The van der Waals surface area contributed by atoms with Crippen LogP contribution in [-0.4, -0.2) is 39.7 Å². The zero-order valence-corrected chi connectivity index (χ0v) is 19.8. The van der Waals surface area contributed by atoms with Crippen LogP contribution in [0.5, 0.6) is 5.75 Å². The summed E-state index contributed by atoms with van der Waals surface area (Å²) in [5, 5.41) is 2.70. The van der Waals surface area contributed by atoms with Gasteiger partial charge in [0.25, 0.3) is 5.56 Å². The Morgan fingerprint density at radius 1 is 0.972 bits per heavy atom. The lowest BCUT2D eigenvalue weighted by Gasteiger charge is -2.14. The fraction of sp³-hybridized carbons (Fsp3) is 0.192. The summed E-state index contributed by atoms with van der Waals surface area (Å²) in [5.41, 5.74) is 0.664. The average Bonchev–Trinajstić information content (AvgIpc) is 2.90. The molecule has 0 unspecified atom stereocenters. The van der Waals surface area contributed by atoms with Gasteiger partial charge in [-0.25, -0.2) is 14.6 Å². The Labute approximate surface area is 205 Å². The molecule has 0 spiro atoms. The number of hydrogen-bond donors (Lipinski definition) is 1. The Balaban J connectivity index is 1.63. The minimum absolute atomic E-state index is 0.00508. The zero-order chi connectivity index (χ0) is 25.7. The highest BCUT2D eigenvalue weighted by atomic mass is 16.5. The standard InChI is InChI=1S/C26H24N4O6/c1-3-36-25(33)18-8-10-19(11-9-18)28-22(31)16-29-21-5-4-14-27-23(21)24(32)30(26(29)34)15-17-6-12-20(35-2)13-7-17/h4-14H,3,15-16H2,1-2H3,(H,28,31). The van der Waals surface area contributed by atoms with Gasteiger partial charge in [0.05, 0.1) is 31.3 Å². The number of nitrogens with one attached hydrogen (secondary N) is 1. The molecule has 10 nitrogen and oxygen atoms in total. The quantitative estimate of drug-likeness (QED) is 0.378. The summed E-state index contributed by atoms with van der Waals surface area (Å²) >= 11 is 0. The Kier molecular flexibility index (Phi) is 7.24. The number of aromatic nitrogens is 3. The van der Waals surface area contributed by atoms with Gasteiger partial charge in [-0.3, -0.25) is 18.7 Å². The molecule has 36 heavy (non-hydrogen) atoms. The summed E-state index contributed by atoms with van der Waals surface area (Å²) in [7, 11) is 1.55. The lowest BCUT2D eigenvalue weighted by atomic mass is 10.2. The first-order valence-corrected chi connectivity index (χ1v) is 11.2. The van der Waals surface area contributed by atoms with Gasteiger partial charge in [0.1, 0.15) is 12.3 Å². The molecule has 0 saturated carbocycles. The lowest BCUT2D eigenvalue weighted by molar-refractivity contribution is -0.116. The fourth-order valence-electron chi connectivity index (χ4n) is 3.70. The van der Waals surface area contributed by atoms with Crippen LogP contribution in [0.4, 0.5) is 5.69 Å². The van der Waals surface area contributed by atoms with E-state index >= 15 is 0 Å². The molecule has 0 fully saturated rings. The van der Waals surface area contributed by atoms with Crippen molar-refractivity contribution in [3.8, 4) is 5.75 Å². The van der Waals surface area contributed by atoms with Crippen molar-refractivity contribution in [2.45, 2.75) is 20.0 Å². The first-order valence-electron chi connectivity index (χ1n) is 11.2. The molecule has 0 atom stereocenters. The summed E-state index contributed by atoms with van der Waals surface area (Å²) in [6.07, 6.45) is 1.46. The number of rotatable bonds is 8. The largest absolute Gasteiger partial charge is 0.497 e. The number of hydrogen-bond acceptors (Lipinski definition) is 7. The van der Waals surface area contributed by atoms with E-state index in [9.17, 15) is 19.2 Å². The third-order valence-electron chi connectivity index (χ3n) is 5.47. The molecule has 4 aromatic rings. The predicted molar refractivity (Wildman–Crippen MR) is 133 cm³/mol. The summed E-state index contributed by atoms with van der Waals surface area (Å²) in [6.45, 7) is 1.64. The highest BCUT2D eigenvalue weighted by Crippen LogP contribution is 2.13. The average molecular weight is 489 g/mol. The lowest BCUT2D eigenvalue weighted by Crippen LogP contribution is -2.42. The van der Waals surface area contributed by atoms with Crippen LogP contribution < -0.4 is 21.3 Å². The zero-order valence-electron chi connectivity index (χ0n) is 19.8. The van der Waals surface area contributed by atoms with Crippen LogP contribution in [0.3, 0.4) is 0 Å². The van der Waals surface area contributed by atoms with Gasteiger partial charge < -0.3 is 14.8 Å². The van der Waals surface area contributed by atoms with E-state index in [1.807, 2.05) is 0 Å². The van der Waals surface area contributed by atoms with Crippen LogP contribution in [0.1, 0.15) is 22.8 Å². The van der Waals surface area contributed by atoms with Gasteiger partial charge in [0.15, 0.2) is 5.52 Å². The highest BCUT2D eigenvalue weighted by molar-refractivity contribution is 5.93. The first-order chi connectivity index (χ1) is 17.4. The number of amides is 1. The van der Waals surface area contributed by atoms with Crippen molar-refractivity contribution in [1.82, 2.24) is 14.1 Å². The van der Waals surface area contributed by atoms with Crippen LogP contribution in [0, 0.1) is 0 Å². The third kappa shape index (κ3) is 5.17. The van der Waals surface area contributed by atoms with Crippen LogP contribution in [0.2, 0.25) is 0 Å². The molecule has 0 bridgehead atoms. The maximum atomic E-state index is 13.3. The van der Waals surface area contributed by atoms with Crippen molar-refractivity contribution in [2.24, 2.45) is 0 Å². The number of carbonyl (C=O) groups is 2. The monoisotopic (exact) mass is 488 g/mol. The van der Waals surface area contributed by atoms with Crippen molar-refractivity contribution < 1.29 is 19.1 Å². The molecule has 4 rings (SSSR count). The Hall–Kier alpha value is -4.73. The summed E-state index contributed by atoms with van der Waals surface area (Å²) in [6, 6.07) is 16.4. The Morgan fingerprint density at radius 2 is 1.69 bits per heavy atom. The van der Waals surface area contributed by atoms with Crippen molar-refractivity contribution in [3.05, 3.63) is 98.8 Å². The van der Waals surface area contributed by atoms with E-state index in [2.05, 4.69) is 10.3 Å². The molecule has 1 amide bonds. The minimum Gasteiger partial charge on any atom is -0.497 e. The van der Waals surface area contributed by atoms with Gasteiger partial charge in [-0.2, -0.15) is 0 Å². The van der Waals surface area contributed by atoms with E-state index in [4.69, 9.17) is 9.47 Å². The molecular weight excluding hydrogens is 464 g/mol. The molecule has 0 aliphatic carbocycles. The molecule has 2 aromatic heterocycles. The number of anilines is 1. The van der Waals surface area contributed by atoms with Gasteiger partial charge in [-0.1, -0.05) is 12.1 Å². The van der Waals surface area contributed by atoms with Gasteiger partial charge in [0, 0.05) is 11.9 Å². The second-order valence-corrected chi connectivity index (χ2v) is 7.83. The van der Waals surface area contributed by atoms with Gasteiger partial charge >= 0.3 is 11.7 Å². The second kappa shape index (κ2) is 10.7. The van der Waals surface area contributed by atoms with Gasteiger partial charge in [-0.05, 0) is 61.0 Å². The molecule has 0 aliphatic rings. The topological polar surface area (TPSA) is 122 Å². The van der Waals surface area contributed by atoms with E-state index < -0.39 is 23.1 Å². The predicted octanol–water partition coefficient (Wildman–Crippen LogP) is 2.43. The normalized spacial score (nSPS) is 10.7. The fourth-order valence-corrected chi connectivity index (χ4v) is 3.70. The molecule has 2 heterocycles. The van der Waals surface area contributed by atoms with Crippen molar-refractivity contribution in [2.75, 3.05) is 19.0 Å². The number of esters is 1. The van der Waals surface area contributed by atoms with E-state index in [1.165, 1.54) is 22.9 Å². The molecule has 1 N–H and O–H groups in total. The van der Waals surface area contributed by atoms with Crippen molar-refractivity contribution >= 4 is 28.6 Å². The molecule has 10 heteroatoms. The van der Waals surface area contributed by atoms with E-state index in [0.717, 1.165) is 4.57 Å². The number of fused-ring (bicyclic) bond motifs is 1. The Bertz CT molecular complexity index is 1520. The maximum Gasteiger partial charge on any atom is 0.338 e. The first kappa shape index (κ1) is 24.4. The molecule has 184 valence electrons. The SMILES string of the molecule is CCOC(=O)c1ccc(NC(=O)Cn2c(=O)n(Cc3ccc(OC)cc3)c(=O)c3ncccc32)cc1. The summed E-state index contributed by atoms with van der Waals surface area (Å²) in [5.74, 6) is -0.295. The van der Waals surface area contributed by atoms with Crippen LogP contribution >= 0.6 is 0 Å². The summed E-state index contributed by atoms with van der Waals surface area (Å²) in [4.78, 5) is 55.2. The van der Waals surface area contributed by atoms with Crippen LogP contribution in [0.25, 0.3) is 11.0 Å². The van der Waals surface area contributed by atoms with Gasteiger partial charge in [-0.15, -0.1) is 0 Å². The number of benzene rings is 2. The third-order valence-corrected chi connectivity index (χ3v) is 5.47. The summed E-state index contributed by atoms with van der Waals surface area (Å²) < 4.78 is 12.4. The number of ether oxygens (including phenoxy) is 2. The van der Waals surface area contributed by atoms with Crippen LogP contribution in [0.15, 0.2) is 76.4 Å². The van der Waals surface area contributed by atoms with Crippen molar-refractivity contribution in [3.63, 3.8) is 0 Å². The number of methoxy groups -OCH3 is 1. The van der Waals surface area contributed by atoms with Crippen LogP contribution in [-0.2, 0) is 22.6 Å². The number of carbonyl (C=O) groups excluding carboxylic acids is 2. The van der Waals surface area contributed by atoms with Gasteiger partial charge in [0.2, 0.25) is 5.91 Å². The molecule has 0 saturated heterocycles. The molecule has 2 aromatic carbocycles.